The Morgan fingerprint density at radius 2 is 2.33 bits per heavy atom. The average Bonchev–Trinajstić information content (AvgIpc) is 2.17. The van der Waals surface area contributed by atoms with Gasteiger partial charge in [0.05, 0.1) is 10.6 Å². The first-order chi connectivity index (χ1) is 7.06. The molecule has 1 amide bonds. The van der Waals surface area contributed by atoms with Crippen LogP contribution in [0.2, 0.25) is 5.02 Å². The van der Waals surface area contributed by atoms with Crippen molar-refractivity contribution in [2.75, 3.05) is 5.33 Å². The minimum absolute atomic E-state index is 0.0758. The van der Waals surface area contributed by atoms with Crippen LogP contribution in [-0.2, 0) is 0 Å². The summed E-state index contributed by atoms with van der Waals surface area (Å²) in [5.41, 5.74) is -0.105. The Bertz CT molecular complexity index is 352. The summed E-state index contributed by atoms with van der Waals surface area (Å²) < 4.78 is 13.3. The van der Waals surface area contributed by atoms with Gasteiger partial charge >= 0.3 is 0 Å². The zero-order valence-corrected chi connectivity index (χ0v) is 10.4. The Labute approximate surface area is 101 Å². The second-order valence-corrected chi connectivity index (χ2v) is 4.18. The molecule has 0 bridgehead atoms. The number of benzene rings is 1. The fourth-order valence-electron chi connectivity index (χ4n) is 1.05. The third-order valence-corrected chi connectivity index (χ3v) is 3.08. The van der Waals surface area contributed by atoms with E-state index in [0.29, 0.717) is 5.33 Å². The fourth-order valence-corrected chi connectivity index (χ4v) is 1.46. The number of rotatable bonds is 3. The van der Waals surface area contributed by atoms with Crippen molar-refractivity contribution in [3.63, 3.8) is 0 Å². The van der Waals surface area contributed by atoms with Crippen LogP contribution in [0.4, 0.5) is 4.39 Å². The molecule has 0 spiro atoms. The summed E-state index contributed by atoms with van der Waals surface area (Å²) >= 11 is 8.95. The predicted octanol–water partition coefficient (Wildman–Crippen LogP) is 2.99. The van der Waals surface area contributed by atoms with E-state index in [2.05, 4.69) is 21.2 Å². The van der Waals surface area contributed by atoms with Gasteiger partial charge in [-0.1, -0.05) is 33.6 Å². The number of hydrogen-bond donors (Lipinski definition) is 1. The van der Waals surface area contributed by atoms with E-state index in [1.165, 1.54) is 18.2 Å². The maximum absolute atomic E-state index is 13.3. The first-order valence-corrected chi connectivity index (χ1v) is 5.87. The molecule has 0 radical (unpaired) electrons. The van der Waals surface area contributed by atoms with Crippen molar-refractivity contribution in [2.24, 2.45) is 0 Å². The molecule has 0 aliphatic rings. The van der Waals surface area contributed by atoms with Crippen LogP contribution >= 0.6 is 27.5 Å². The van der Waals surface area contributed by atoms with E-state index in [1.807, 2.05) is 0 Å². The van der Waals surface area contributed by atoms with Gasteiger partial charge in [-0.25, -0.2) is 4.39 Å². The van der Waals surface area contributed by atoms with Crippen LogP contribution in [0.1, 0.15) is 17.3 Å². The van der Waals surface area contributed by atoms with Gasteiger partial charge in [-0.2, -0.15) is 0 Å². The topological polar surface area (TPSA) is 29.1 Å². The number of carbonyl (C=O) groups is 1. The lowest BCUT2D eigenvalue weighted by Crippen LogP contribution is -2.34. The second kappa shape index (κ2) is 5.47. The minimum Gasteiger partial charge on any atom is -0.349 e. The van der Waals surface area contributed by atoms with Crippen LogP contribution in [0.5, 0.6) is 0 Å². The molecule has 5 heteroatoms. The largest absolute Gasteiger partial charge is 0.349 e. The van der Waals surface area contributed by atoms with E-state index in [4.69, 9.17) is 11.6 Å². The van der Waals surface area contributed by atoms with Gasteiger partial charge in [0, 0.05) is 11.4 Å². The molecule has 0 saturated heterocycles. The van der Waals surface area contributed by atoms with Gasteiger partial charge in [-0.05, 0) is 19.1 Å². The Hall–Kier alpha value is -0.610. The van der Waals surface area contributed by atoms with Gasteiger partial charge in [-0.15, -0.1) is 0 Å². The first-order valence-electron chi connectivity index (χ1n) is 4.37. The van der Waals surface area contributed by atoms with Crippen molar-refractivity contribution < 1.29 is 9.18 Å². The van der Waals surface area contributed by atoms with Crippen LogP contribution in [0.3, 0.4) is 0 Å². The van der Waals surface area contributed by atoms with Crippen molar-refractivity contribution in [2.45, 2.75) is 13.0 Å². The normalized spacial score (nSPS) is 12.3. The van der Waals surface area contributed by atoms with Gasteiger partial charge in [0.2, 0.25) is 0 Å². The van der Waals surface area contributed by atoms with Crippen LogP contribution < -0.4 is 5.32 Å². The quantitative estimate of drug-likeness (QED) is 0.853. The lowest BCUT2D eigenvalue weighted by atomic mass is 10.2. The zero-order valence-electron chi connectivity index (χ0n) is 8.06. The van der Waals surface area contributed by atoms with Crippen molar-refractivity contribution >= 4 is 33.4 Å². The smallest absolute Gasteiger partial charge is 0.256 e. The highest BCUT2D eigenvalue weighted by Gasteiger charge is 2.16. The van der Waals surface area contributed by atoms with Crippen molar-refractivity contribution in [3.05, 3.63) is 34.6 Å². The number of carbonyl (C=O) groups excluding carboxylic acids is 1. The molecule has 1 atom stereocenters. The van der Waals surface area contributed by atoms with E-state index in [-0.39, 0.29) is 16.6 Å². The van der Waals surface area contributed by atoms with Crippen molar-refractivity contribution in [1.29, 1.82) is 0 Å². The molecule has 1 N–H and O–H groups in total. The summed E-state index contributed by atoms with van der Waals surface area (Å²) in [5, 5.41) is 3.34. The Morgan fingerprint density at radius 1 is 1.67 bits per heavy atom. The predicted molar refractivity (Wildman–Crippen MR) is 62.1 cm³/mol. The van der Waals surface area contributed by atoms with E-state index in [9.17, 15) is 9.18 Å². The van der Waals surface area contributed by atoms with Gasteiger partial charge in [0.1, 0.15) is 5.82 Å². The Balaban J connectivity index is 2.91. The summed E-state index contributed by atoms with van der Waals surface area (Å²) in [4.78, 5) is 11.6. The lowest BCUT2D eigenvalue weighted by molar-refractivity contribution is 0.0940. The Kier molecular flexibility index (Phi) is 4.54. The summed E-state index contributed by atoms with van der Waals surface area (Å²) in [5.74, 6) is -1.10. The number of alkyl halides is 1. The molecule has 1 aromatic rings. The van der Waals surface area contributed by atoms with Gasteiger partial charge in [0.15, 0.2) is 0 Å². The molecule has 0 aromatic heterocycles. The SMILES string of the molecule is CC(CBr)NC(=O)c1c(F)cccc1Cl. The van der Waals surface area contributed by atoms with E-state index in [0.717, 1.165) is 0 Å². The van der Waals surface area contributed by atoms with Crippen molar-refractivity contribution in [1.82, 2.24) is 5.32 Å². The van der Waals surface area contributed by atoms with E-state index >= 15 is 0 Å². The molecule has 0 aliphatic heterocycles. The molecule has 82 valence electrons. The highest BCUT2D eigenvalue weighted by atomic mass is 79.9. The van der Waals surface area contributed by atoms with E-state index < -0.39 is 11.7 Å². The highest BCUT2D eigenvalue weighted by Crippen LogP contribution is 2.18. The molecule has 1 aromatic carbocycles. The van der Waals surface area contributed by atoms with Gasteiger partial charge in [-0.3, -0.25) is 4.79 Å². The molecule has 0 heterocycles. The molecular formula is C10H10BrClFNO. The molecule has 2 nitrogen and oxygen atoms in total. The number of nitrogens with one attached hydrogen (secondary N) is 1. The van der Waals surface area contributed by atoms with Crippen molar-refractivity contribution in [3.8, 4) is 0 Å². The maximum Gasteiger partial charge on any atom is 0.256 e. The molecule has 0 fully saturated rings. The maximum atomic E-state index is 13.3. The highest BCUT2D eigenvalue weighted by molar-refractivity contribution is 9.09. The summed E-state index contributed by atoms with van der Waals surface area (Å²) in [7, 11) is 0. The average molecular weight is 295 g/mol. The van der Waals surface area contributed by atoms with Crippen LogP contribution in [-0.4, -0.2) is 17.3 Å². The summed E-state index contributed by atoms with van der Waals surface area (Å²) in [6.45, 7) is 1.81. The number of halogens is 3. The fraction of sp³-hybridized carbons (Fsp3) is 0.300. The zero-order chi connectivity index (χ0) is 11.4. The Morgan fingerprint density at radius 3 is 2.87 bits per heavy atom. The molecule has 15 heavy (non-hydrogen) atoms. The van der Waals surface area contributed by atoms with Crippen LogP contribution in [0.15, 0.2) is 18.2 Å². The lowest BCUT2D eigenvalue weighted by Gasteiger charge is -2.11. The van der Waals surface area contributed by atoms with E-state index in [1.54, 1.807) is 6.92 Å². The summed E-state index contributed by atoms with van der Waals surface area (Å²) in [6, 6.07) is 4.08. The number of amides is 1. The first kappa shape index (κ1) is 12.5. The minimum atomic E-state index is -0.609. The molecular weight excluding hydrogens is 284 g/mol. The molecule has 1 rings (SSSR count). The molecule has 1 unspecified atom stereocenters. The van der Waals surface area contributed by atoms with Gasteiger partial charge < -0.3 is 5.32 Å². The third-order valence-electron chi connectivity index (χ3n) is 1.80. The molecule has 0 aliphatic carbocycles. The van der Waals surface area contributed by atoms with Gasteiger partial charge in [0.25, 0.3) is 5.91 Å². The van der Waals surface area contributed by atoms with Crippen LogP contribution in [0, 0.1) is 5.82 Å². The van der Waals surface area contributed by atoms with Crippen LogP contribution in [0.25, 0.3) is 0 Å². The monoisotopic (exact) mass is 293 g/mol. The molecule has 0 saturated carbocycles. The number of hydrogen-bond acceptors (Lipinski definition) is 1. The third kappa shape index (κ3) is 3.18. The standard InChI is InChI=1S/C10H10BrClFNO/c1-6(5-11)14-10(15)9-7(12)3-2-4-8(9)13/h2-4,6H,5H2,1H3,(H,14,15). The second-order valence-electron chi connectivity index (χ2n) is 3.13. The summed E-state index contributed by atoms with van der Waals surface area (Å²) in [6.07, 6.45) is 0.